The fraction of sp³-hybridized carbons (Fsp3) is 0.217. The number of halogens is 2. The van der Waals surface area contributed by atoms with Crippen LogP contribution in [0.4, 0.5) is 19.4 Å². The molecular formula is C23H20BiF2N3O6. The molecule has 1 aromatic heterocycles. The number of hydrogen-bond acceptors (Lipinski definition) is 8. The van der Waals surface area contributed by atoms with E-state index in [-0.39, 0.29) is 11.4 Å². The van der Waals surface area contributed by atoms with E-state index < -0.39 is 69.5 Å². The number of alkyl halides is 2. The number of carbonyl (C=O) groups is 2. The minimum absolute atomic E-state index is 0.153. The van der Waals surface area contributed by atoms with E-state index in [0.29, 0.717) is 4.57 Å². The van der Waals surface area contributed by atoms with Crippen molar-refractivity contribution in [1.29, 1.82) is 0 Å². The molecule has 3 atom stereocenters. The number of ether oxygens (including phenoxy) is 3. The van der Waals surface area contributed by atoms with Gasteiger partial charge in [0.15, 0.2) is 0 Å². The molecule has 12 heteroatoms. The Bertz CT molecular complexity index is 1260. The Balaban J connectivity index is 1.57. The van der Waals surface area contributed by atoms with Crippen LogP contribution in [0.5, 0.6) is 0 Å². The third-order valence-electron chi connectivity index (χ3n) is 5.10. The Morgan fingerprint density at radius 2 is 1.74 bits per heavy atom. The van der Waals surface area contributed by atoms with Gasteiger partial charge >= 0.3 is 210 Å². The molecule has 2 N–H and O–H groups in total. The molecule has 9 nitrogen and oxygen atoms in total. The Hall–Kier alpha value is -3.24. The molecule has 0 spiro atoms. The average Bonchev–Trinajstić information content (AvgIpc) is 3.08. The van der Waals surface area contributed by atoms with Gasteiger partial charge in [-0.15, -0.1) is 0 Å². The van der Waals surface area contributed by atoms with Crippen molar-refractivity contribution < 1.29 is 32.6 Å². The van der Waals surface area contributed by atoms with E-state index in [9.17, 15) is 14.4 Å². The van der Waals surface area contributed by atoms with Gasteiger partial charge < -0.3 is 0 Å². The van der Waals surface area contributed by atoms with E-state index in [4.69, 9.17) is 19.9 Å². The molecule has 1 aliphatic heterocycles. The second kappa shape index (κ2) is 10.6. The number of carbonyl (C=O) groups excluding carboxylic acids is 2. The molecule has 0 saturated carbocycles. The molecule has 1 aliphatic rings. The first kappa shape index (κ1) is 24.9. The van der Waals surface area contributed by atoms with Crippen molar-refractivity contribution in [2.45, 2.75) is 24.4 Å². The summed E-state index contributed by atoms with van der Waals surface area (Å²) in [6, 6.07) is 17.8. The first-order valence-corrected chi connectivity index (χ1v) is 14.3. The Labute approximate surface area is 209 Å². The molecule has 2 heterocycles. The summed E-state index contributed by atoms with van der Waals surface area (Å²) in [4.78, 5) is 40.6. The molecule has 3 aromatic rings. The molecule has 1 saturated heterocycles. The van der Waals surface area contributed by atoms with Crippen molar-refractivity contribution in [1.82, 2.24) is 9.55 Å². The summed E-state index contributed by atoms with van der Waals surface area (Å²) in [6.45, 7) is -0.631. The zero-order valence-electron chi connectivity index (χ0n) is 18.0. The number of esters is 1. The first-order valence-electron chi connectivity index (χ1n) is 10.4. The van der Waals surface area contributed by atoms with E-state index >= 15 is 8.78 Å². The van der Waals surface area contributed by atoms with Crippen LogP contribution in [0.3, 0.4) is 0 Å². The summed E-state index contributed by atoms with van der Waals surface area (Å²) in [5.41, 5.74) is 4.59. The molecule has 1 fully saturated rings. The summed E-state index contributed by atoms with van der Waals surface area (Å²) in [6.07, 6.45) is -4.76. The number of benzene rings is 2. The molecule has 2 aromatic carbocycles. The minimum atomic E-state index is -3.83. The number of rotatable bonds is 7. The van der Waals surface area contributed by atoms with Crippen LogP contribution in [0.25, 0.3) is 0 Å². The van der Waals surface area contributed by atoms with Crippen LogP contribution < -0.4 is 14.7 Å². The molecule has 182 valence electrons. The summed E-state index contributed by atoms with van der Waals surface area (Å²) in [7, 11) is 0. The number of nitrogen functional groups attached to an aromatic ring is 1. The first-order chi connectivity index (χ1) is 16.8. The van der Waals surface area contributed by atoms with Gasteiger partial charge in [-0.1, -0.05) is 0 Å². The van der Waals surface area contributed by atoms with Gasteiger partial charge in [0.05, 0.1) is 0 Å². The van der Waals surface area contributed by atoms with E-state index in [0.717, 1.165) is 15.5 Å². The standard InChI is InChI=1S/C17H14F2N3O6.C6H5.Bi.H/c18-17(19)13(27-9-23)11(8-26-14(24)10-4-2-1-3-5-10)28-15(17)22-7-6-12(20)21-16(22)25;1-2-4-6-5-3-1;;/h1-7,11,13,15H,8H2,(H2,20,21,25);1-5H;;/t11-,13+,15-;;;/m1.../s1. The molecule has 0 amide bonds. The van der Waals surface area contributed by atoms with Crippen molar-refractivity contribution in [3.8, 4) is 0 Å². The zero-order chi connectivity index (χ0) is 25.0. The van der Waals surface area contributed by atoms with E-state index in [1.54, 1.807) is 48.5 Å². The van der Waals surface area contributed by atoms with Crippen LogP contribution in [-0.4, -0.2) is 67.2 Å². The zero-order valence-corrected chi connectivity index (χ0v) is 21.9. The van der Waals surface area contributed by atoms with Crippen LogP contribution in [0.1, 0.15) is 16.6 Å². The molecule has 0 aliphatic carbocycles. The summed E-state index contributed by atoms with van der Waals surface area (Å²) < 4.78 is 47.4. The van der Waals surface area contributed by atoms with Crippen molar-refractivity contribution in [3.05, 3.63) is 89.0 Å². The van der Waals surface area contributed by atoms with Crippen LogP contribution in [0.2, 0.25) is 0 Å². The van der Waals surface area contributed by atoms with Gasteiger partial charge in [0.25, 0.3) is 0 Å². The maximum atomic E-state index is 15.5. The maximum absolute atomic E-state index is 15.5. The van der Waals surface area contributed by atoms with Crippen molar-refractivity contribution in [3.63, 3.8) is 0 Å². The van der Waals surface area contributed by atoms with Gasteiger partial charge in [-0.05, 0) is 0 Å². The van der Waals surface area contributed by atoms with Crippen molar-refractivity contribution in [2.24, 2.45) is 0 Å². The quantitative estimate of drug-likeness (QED) is 0.294. The molecular weight excluding hydrogens is 661 g/mol. The van der Waals surface area contributed by atoms with Crippen LogP contribution >= 0.6 is 0 Å². The van der Waals surface area contributed by atoms with Gasteiger partial charge in [-0.2, -0.15) is 0 Å². The summed E-state index contributed by atoms with van der Waals surface area (Å²) in [5, 5.41) is 0. The van der Waals surface area contributed by atoms with Crippen LogP contribution in [0, 0.1) is 0 Å². The average molecular weight is 681 g/mol. The molecule has 0 unspecified atom stereocenters. The summed E-state index contributed by atoms with van der Waals surface area (Å²) >= 11 is -2.29. The van der Waals surface area contributed by atoms with E-state index in [2.05, 4.69) is 4.98 Å². The van der Waals surface area contributed by atoms with Crippen molar-refractivity contribution >= 4 is 42.0 Å². The monoisotopic (exact) mass is 681 g/mol. The summed E-state index contributed by atoms with van der Waals surface area (Å²) in [5.74, 6) is -4.75. The fourth-order valence-corrected chi connectivity index (χ4v) is 6.49. The van der Waals surface area contributed by atoms with Gasteiger partial charge in [0, 0.05) is 0 Å². The van der Waals surface area contributed by atoms with Crippen LogP contribution in [0.15, 0.2) is 77.7 Å². The number of nitrogens with two attached hydrogens (primary N) is 1. The fourth-order valence-electron chi connectivity index (χ4n) is 3.45. The Morgan fingerprint density at radius 3 is 2.40 bits per heavy atom. The Kier molecular flexibility index (Phi) is 7.52. The molecule has 0 radical (unpaired) electrons. The van der Waals surface area contributed by atoms with E-state index in [1.807, 2.05) is 0 Å². The third kappa shape index (κ3) is 5.71. The topological polar surface area (TPSA) is 123 Å². The van der Waals surface area contributed by atoms with Gasteiger partial charge in [-0.3, -0.25) is 0 Å². The second-order valence-corrected chi connectivity index (χ2v) is 12.3. The van der Waals surface area contributed by atoms with Crippen LogP contribution in [-0.2, 0) is 14.2 Å². The number of nitrogens with zero attached hydrogens (tertiary/aromatic N) is 2. The number of anilines is 1. The third-order valence-corrected chi connectivity index (χ3v) is 8.77. The molecule has 35 heavy (non-hydrogen) atoms. The predicted molar refractivity (Wildman–Crippen MR) is 122 cm³/mol. The van der Waals surface area contributed by atoms with Crippen molar-refractivity contribution in [2.75, 3.05) is 12.3 Å². The van der Waals surface area contributed by atoms with Gasteiger partial charge in [-0.25, -0.2) is 0 Å². The number of aromatic nitrogens is 2. The molecule has 4 rings (SSSR count). The van der Waals surface area contributed by atoms with Gasteiger partial charge in [0.1, 0.15) is 0 Å². The van der Waals surface area contributed by atoms with E-state index in [1.165, 1.54) is 12.1 Å². The molecule has 0 bridgehead atoms. The normalized spacial score (nSPS) is 20.8. The predicted octanol–water partition coefficient (Wildman–Crippen LogP) is 1.48. The second-order valence-electron chi connectivity index (χ2n) is 7.53. The Morgan fingerprint density at radius 1 is 1.09 bits per heavy atom. The van der Waals surface area contributed by atoms with Gasteiger partial charge in [0.2, 0.25) is 0 Å². The number of hydrogen-bond donors (Lipinski definition) is 1. The SMILES string of the molecule is Nc1ccn([C@@H]2O[C@H](COC(=O)c3ccccc3)[C@H](O[C](=O)[BiH][c]3ccccc3)C2(F)F)c(=O)n1.